The number of rotatable bonds is 1. The monoisotopic (exact) mass is 249 g/mol. The molecule has 70 valence electrons. The van der Waals surface area contributed by atoms with Crippen LogP contribution in [0.25, 0.3) is 0 Å². The fourth-order valence-electron chi connectivity index (χ4n) is 0.142. The van der Waals surface area contributed by atoms with Gasteiger partial charge in [0.05, 0.1) is 6.61 Å². The van der Waals surface area contributed by atoms with Crippen molar-refractivity contribution < 1.29 is 38.2 Å². The van der Waals surface area contributed by atoms with Gasteiger partial charge < -0.3 is 10.5 Å². The molecule has 0 fully saturated rings. The van der Waals surface area contributed by atoms with E-state index in [4.69, 9.17) is 15.7 Å². The molecule has 0 radical (unpaired) electrons. The first-order valence-electron chi connectivity index (χ1n) is 2.32. The van der Waals surface area contributed by atoms with E-state index in [0.717, 1.165) is 0 Å². The van der Waals surface area contributed by atoms with Crippen LogP contribution < -0.4 is 5.73 Å². The standard InChI is InChI=1S/C3H7NO2.K.Mn.H2O.3O.H/c1-2-6-3(4)5;;;;;;;/h2H2,1H3,(H2,4,5);;;1H2;;;;/q;;+1;;;;;/p-1. The summed E-state index contributed by atoms with van der Waals surface area (Å²) in [6, 6.07) is 0. The molecule has 0 bridgehead atoms. The molecule has 0 aliphatic rings. The van der Waals surface area contributed by atoms with Crippen LogP contribution >= 0.6 is 0 Å². The third-order valence-electron chi connectivity index (χ3n) is 0.287. The van der Waals surface area contributed by atoms with E-state index in [1.165, 1.54) is 0 Å². The minimum atomic E-state index is -5.38. The number of hydrogen-bond acceptors (Lipinski definition) is 5. The van der Waals surface area contributed by atoms with Crippen molar-refractivity contribution in [1.82, 2.24) is 0 Å². The van der Waals surface area contributed by atoms with E-state index in [2.05, 4.69) is 10.5 Å². The van der Waals surface area contributed by atoms with Crippen LogP contribution in [0.1, 0.15) is 6.92 Å². The molecule has 12 heavy (non-hydrogen) atoms. The van der Waals surface area contributed by atoms with E-state index >= 15 is 0 Å². The summed E-state index contributed by atoms with van der Waals surface area (Å²) in [5, 5.41) is 0. The Hall–Kier alpha value is 0.786. The van der Waals surface area contributed by atoms with Crippen molar-refractivity contribution in [2.75, 3.05) is 6.61 Å². The first-order chi connectivity index (χ1) is 4.77. The Morgan fingerprint density at radius 2 is 1.75 bits per heavy atom. The quantitative estimate of drug-likeness (QED) is 0.547. The second-order valence-electron chi connectivity index (χ2n) is 1.15. The average Bonchev–Trinajstić information content (AvgIpc) is 1.58. The fourth-order valence-corrected chi connectivity index (χ4v) is 0.142. The summed E-state index contributed by atoms with van der Waals surface area (Å²) in [6.45, 7) is 2.06. The third kappa shape index (κ3) is 72.1. The summed E-state index contributed by atoms with van der Waals surface area (Å²) in [6.07, 6.45) is -0.711. The maximum atomic E-state index is 9.60. The van der Waals surface area contributed by atoms with Crippen LogP contribution in [-0.4, -0.2) is 68.3 Å². The average molecular weight is 249 g/mol. The van der Waals surface area contributed by atoms with E-state index in [9.17, 15) is 4.79 Å². The molecule has 0 aliphatic heterocycles. The zero-order valence-electron chi connectivity index (χ0n) is 5.65. The van der Waals surface area contributed by atoms with Crippen molar-refractivity contribution in [1.29, 1.82) is 0 Å². The van der Waals surface area contributed by atoms with Gasteiger partial charge in [-0.15, -0.1) is 0 Å². The SMILES string of the molecule is CCOC(N)=O.[KH].[O]=[Mn](=[O])(=[O])[OH]. The Morgan fingerprint density at radius 1 is 1.50 bits per heavy atom. The Bertz CT molecular complexity index is 237. The Kier molecular flexibility index (Phi) is 15.3. The van der Waals surface area contributed by atoms with Crippen molar-refractivity contribution in [2.45, 2.75) is 6.92 Å². The van der Waals surface area contributed by atoms with Gasteiger partial charge in [0.15, 0.2) is 0 Å². The zero-order valence-corrected chi connectivity index (χ0v) is 6.83. The molecule has 0 aromatic rings. The number of ether oxygens (including phenoxy) is 1. The molecule has 0 aromatic carbocycles. The van der Waals surface area contributed by atoms with Gasteiger partial charge in [0.2, 0.25) is 0 Å². The molecule has 1 amide bonds. The van der Waals surface area contributed by atoms with Gasteiger partial charge >= 0.3 is 86.1 Å². The molecule has 0 unspecified atom stereocenters. The Morgan fingerprint density at radius 3 is 1.75 bits per heavy atom. The molecule has 0 aliphatic carbocycles. The van der Waals surface area contributed by atoms with Crippen LogP contribution in [0, 0.1) is 0 Å². The number of hydrogen-bond donors (Lipinski definition) is 2. The van der Waals surface area contributed by atoms with E-state index in [1.807, 2.05) is 0 Å². The summed E-state index contributed by atoms with van der Waals surface area (Å²) >= 11 is -5.38. The van der Waals surface area contributed by atoms with Gasteiger partial charge in [-0.1, -0.05) is 0 Å². The first kappa shape index (κ1) is 18.5. The van der Waals surface area contributed by atoms with Gasteiger partial charge in [0.25, 0.3) is 0 Å². The van der Waals surface area contributed by atoms with Crippen LogP contribution in [0.2, 0.25) is 0 Å². The maximum absolute atomic E-state index is 9.60. The number of nitrogens with two attached hydrogens (primary N) is 1. The molecular weight excluding hydrogens is 240 g/mol. The topological polar surface area (TPSA) is 124 Å². The van der Waals surface area contributed by atoms with Crippen LogP contribution in [0.5, 0.6) is 0 Å². The molecule has 0 saturated heterocycles. The fraction of sp³-hybridized carbons (Fsp3) is 0.667. The Labute approximate surface area is 113 Å². The van der Waals surface area contributed by atoms with Crippen LogP contribution in [0.4, 0.5) is 4.79 Å². The van der Waals surface area contributed by atoms with Gasteiger partial charge in [0, 0.05) is 0 Å². The van der Waals surface area contributed by atoms with E-state index in [1.54, 1.807) is 6.92 Å². The van der Waals surface area contributed by atoms with Crippen molar-refractivity contribution in [3.63, 3.8) is 0 Å². The number of primary amides is 1. The van der Waals surface area contributed by atoms with Gasteiger partial charge in [-0.05, 0) is 6.92 Å². The van der Waals surface area contributed by atoms with Crippen LogP contribution in [-0.2, 0) is 29.2 Å². The van der Waals surface area contributed by atoms with Gasteiger partial charge in [-0.3, -0.25) is 0 Å². The molecule has 3 N–H and O–H groups in total. The van der Waals surface area contributed by atoms with Crippen LogP contribution in [0.3, 0.4) is 0 Å². The van der Waals surface area contributed by atoms with Crippen molar-refractivity contribution in [3.05, 3.63) is 0 Å². The van der Waals surface area contributed by atoms with Gasteiger partial charge in [-0.2, -0.15) is 0 Å². The summed E-state index contributed by atoms with van der Waals surface area (Å²) < 4.78 is 37.2. The second kappa shape index (κ2) is 9.87. The summed E-state index contributed by atoms with van der Waals surface area (Å²) in [4.78, 5) is 9.60. The van der Waals surface area contributed by atoms with E-state index in [0.29, 0.717) is 6.61 Å². The molecule has 0 atom stereocenters. The van der Waals surface area contributed by atoms with Crippen molar-refractivity contribution in [2.24, 2.45) is 5.73 Å². The minimum absolute atomic E-state index is 0. The third-order valence-corrected chi connectivity index (χ3v) is 0.287. The molecule has 0 spiro atoms. The number of carbonyl (C=O) groups is 1. The van der Waals surface area contributed by atoms with Crippen molar-refractivity contribution >= 4 is 57.5 Å². The van der Waals surface area contributed by atoms with Gasteiger partial charge in [-0.25, -0.2) is 4.79 Å². The molecule has 0 heterocycles. The normalized spacial score (nSPS) is 8.50. The van der Waals surface area contributed by atoms with Gasteiger partial charge in [0.1, 0.15) is 0 Å². The van der Waals surface area contributed by atoms with Crippen LogP contribution in [0.15, 0.2) is 0 Å². The second-order valence-corrected chi connectivity index (χ2v) is 2.38. The molecular formula is C3H9KMnNO6. The van der Waals surface area contributed by atoms with E-state index < -0.39 is 19.1 Å². The zero-order chi connectivity index (χ0) is 9.49. The summed E-state index contributed by atoms with van der Waals surface area (Å²) in [7, 11) is 0. The summed E-state index contributed by atoms with van der Waals surface area (Å²) in [5.41, 5.74) is 4.54. The molecule has 0 aromatic heterocycles. The number of carbonyl (C=O) groups excluding carboxylic acids is 1. The summed E-state index contributed by atoms with van der Waals surface area (Å²) in [5.74, 6) is 0. The Balaban J connectivity index is -0.000000126. The predicted octanol–water partition coefficient (Wildman–Crippen LogP) is -1.46. The molecule has 0 saturated carbocycles. The molecule has 9 heteroatoms. The molecule has 7 nitrogen and oxygen atoms in total. The first-order valence-corrected chi connectivity index (χ1v) is 4.30. The van der Waals surface area contributed by atoms with Crippen molar-refractivity contribution in [3.8, 4) is 0 Å². The molecule has 0 rings (SSSR count). The number of amides is 1. The predicted molar refractivity (Wildman–Crippen MR) is 32.6 cm³/mol. The van der Waals surface area contributed by atoms with E-state index in [-0.39, 0.29) is 51.4 Å².